The number of unbranched alkanes of at least 4 members (excludes halogenated alkanes) is 4. The average molecular weight is 347 g/mol. The molecule has 0 aliphatic carbocycles. The van der Waals surface area contributed by atoms with E-state index in [1.807, 2.05) is 6.07 Å². The molecule has 1 aromatic carbocycles. The van der Waals surface area contributed by atoms with Crippen LogP contribution in [0, 0.1) is 0 Å². The van der Waals surface area contributed by atoms with Gasteiger partial charge in [0.2, 0.25) is 0 Å². The largest absolute Gasteiger partial charge is 0.508 e. The van der Waals surface area contributed by atoms with E-state index >= 15 is 0 Å². The molecular weight excluding hydrogens is 304 g/mol. The molecule has 0 fully saturated rings. The normalized spacial score (nSPS) is 13.8. The molecule has 0 aliphatic rings. The smallest absolute Gasteiger partial charge is 0.119 e. The van der Waals surface area contributed by atoms with E-state index in [2.05, 4.69) is 39.8 Å². The van der Waals surface area contributed by atoms with Gasteiger partial charge in [-0.05, 0) is 49.1 Å². The first-order valence-corrected chi connectivity index (χ1v) is 11.0. The van der Waals surface area contributed by atoms with E-state index in [0.29, 0.717) is 17.6 Å². The molecule has 1 aromatic rings. The van der Waals surface area contributed by atoms with Crippen LogP contribution in [0.15, 0.2) is 18.2 Å². The number of rotatable bonds is 14. The topological polar surface area (TPSA) is 20.2 Å². The Hall–Kier alpha value is -0.980. The Kier molecular flexibility index (Phi) is 11.7. The van der Waals surface area contributed by atoms with Crippen LogP contribution in [0.4, 0.5) is 0 Å². The molecule has 0 radical (unpaired) electrons. The zero-order chi connectivity index (χ0) is 18.5. The summed E-state index contributed by atoms with van der Waals surface area (Å²) in [5, 5.41) is 10.7. The van der Waals surface area contributed by atoms with E-state index < -0.39 is 0 Å². The lowest BCUT2D eigenvalue weighted by Gasteiger charge is -2.26. The van der Waals surface area contributed by atoms with Crippen LogP contribution in [0.5, 0.6) is 5.75 Å². The second-order valence-electron chi connectivity index (χ2n) is 7.74. The Balaban J connectivity index is 3.09. The van der Waals surface area contributed by atoms with Gasteiger partial charge in [0.25, 0.3) is 0 Å². The Morgan fingerprint density at radius 2 is 1.24 bits per heavy atom. The molecule has 1 nitrogen and oxygen atoms in total. The second kappa shape index (κ2) is 13.3. The molecule has 1 rings (SSSR count). The maximum Gasteiger partial charge on any atom is 0.119 e. The Bertz CT molecular complexity index is 451. The Morgan fingerprint density at radius 3 is 1.80 bits per heavy atom. The van der Waals surface area contributed by atoms with Crippen molar-refractivity contribution in [1.82, 2.24) is 0 Å². The van der Waals surface area contributed by atoms with Crippen molar-refractivity contribution >= 4 is 0 Å². The summed E-state index contributed by atoms with van der Waals surface area (Å²) >= 11 is 0. The molecule has 0 amide bonds. The lowest BCUT2D eigenvalue weighted by molar-refractivity contribution is 0.437. The maximum atomic E-state index is 10.7. The highest BCUT2D eigenvalue weighted by atomic mass is 16.3. The van der Waals surface area contributed by atoms with E-state index in [1.54, 1.807) is 0 Å². The molecule has 0 bridgehead atoms. The molecule has 1 N–H and O–H groups in total. The van der Waals surface area contributed by atoms with Gasteiger partial charge in [-0.3, -0.25) is 0 Å². The molecule has 144 valence electrons. The number of phenols is 1. The standard InChI is InChI=1S/C24H42O/c1-5-9-11-16-20(14-7-3)22-18-13-19-23(25)24(22)21(15-8-4)17-12-10-6-2/h13,18-21,25H,5-12,14-17H2,1-4H3. The Labute approximate surface area is 157 Å². The third-order valence-electron chi connectivity index (χ3n) is 5.55. The van der Waals surface area contributed by atoms with Crippen LogP contribution in [0.1, 0.15) is 128 Å². The number of hydrogen-bond donors (Lipinski definition) is 1. The van der Waals surface area contributed by atoms with Crippen LogP contribution in [0.2, 0.25) is 0 Å². The number of aromatic hydroxyl groups is 1. The molecule has 25 heavy (non-hydrogen) atoms. The predicted molar refractivity (Wildman–Crippen MR) is 112 cm³/mol. The zero-order valence-electron chi connectivity index (χ0n) is 17.3. The van der Waals surface area contributed by atoms with Gasteiger partial charge >= 0.3 is 0 Å². The van der Waals surface area contributed by atoms with Gasteiger partial charge in [0.15, 0.2) is 0 Å². The number of hydrogen-bond acceptors (Lipinski definition) is 1. The first-order valence-electron chi connectivity index (χ1n) is 11.0. The third-order valence-corrected chi connectivity index (χ3v) is 5.55. The molecular formula is C24H42O. The van der Waals surface area contributed by atoms with Crippen molar-refractivity contribution in [3.8, 4) is 5.75 Å². The highest BCUT2D eigenvalue weighted by molar-refractivity contribution is 5.44. The van der Waals surface area contributed by atoms with Gasteiger partial charge in [-0.15, -0.1) is 0 Å². The summed E-state index contributed by atoms with van der Waals surface area (Å²) in [6.45, 7) is 9.11. The summed E-state index contributed by atoms with van der Waals surface area (Å²) in [5.74, 6) is 1.69. The van der Waals surface area contributed by atoms with Crippen molar-refractivity contribution < 1.29 is 5.11 Å². The quantitative estimate of drug-likeness (QED) is 0.336. The maximum absolute atomic E-state index is 10.7. The molecule has 2 atom stereocenters. The van der Waals surface area contributed by atoms with Crippen LogP contribution >= 0.6 is 0 Å². The van der Waals surface area contributed by atoms with E-state index in [-0.39, 0.29) is 0 Å². The monoisotopic (exact) mass is 346 g/mol. The summed E-state index contributed by atoms with van der Waals surface area (Å²) in [4.78, 5) is 0. The fourth-order valence-corrected chi connectivity index (χ4v) is 4.24. The van der Waals surface area contributed by atoms with Crippen LogP contribution in [-0.4, -0.2) is 5.11 Å². The minimum absolute atomic E-state index is 0.526. The fourth-order valence-electron chi connectivity index (χ4n) is 4.24. The van der Waals surface area contributed by atoms with Crippen molar-refractivity contribution in [3.05, 3.63) is 29.3 Å². The first-order chi connectivity index (χ1) is 12.2. The molecule has 1 heteroatoms. The number of benzene rings is 1. The summed E-state index contributed by atoms with van der Waals surface area (Å²) in [6, 6.07) is 6.28. The number of phenolic OH excluding ortho intramolecular Hbond substituents is 1. The van der Waals surface area contributed by atoms with Gasteiger partial charge in [-0.25, -0.2) is 0 Å². The van der Waals surface area contributed by atoms with Crippen LogP contribution in [0.25, 0.3) is 0 Å². The molecule has 0 aliphatic heterocycles. The van der Waals surface area contributed by atoms with Gasteiger partial charge in [-0.2, -0.15) is 0 Å². The molecule has 0 heterocycles. The van der Waals surface area contributed by atoms with E-state index in [1.165, 1.54) is 88.2 Å². The van der Waals surface area contributed by atoms with Crippen LogP contribution in [-0.2, 0) is 0 Å². The van der Waals surface area contributed by atoms with Crippen LogP contribution in [0.3, 0.4) is 0 Å². The Morgan fingerprint density at radius 1 is 0.680 bits per heavy atom. The summed E-state index contributed by atoms with van der Waals surface area (Å²) < 4.78 is 0. The van der Waals surface area contributed by atoms with Crippen molar-refractivity contribution in [2.24, 2.45) is 0 Å². The highest BCUT2D eigenvalue weighted by Crippen LogP contribution is 2.41. The molecule has 0 aromatic heterocycles. The predicted octanol–water partition coefficient (Wildman–Crippen LogP) is 8.32. The van der Waals surface area contributed by atoms with Crippen molar-refractivity contribution in [1.29, 1.82) is 0 Å². The minimum Gasteiger partial charge on any atom is -0.508 e. The fraction of sp³-hybridized carbons (Fsp3) is 0.750. The van der Waals surface area contributed by atoms with Gasteiger partial charge in [-0.1, -0.05) is 91.2 Å². The van der Waals surface area contributed by atoms with Crippen molar-refractivity contribution in [2.75, 3.05) is 0 Å². The van der Waals surface area contributed by atoms with E-state index in [0.717, 1.165) is 0 Å². The highest BCUT2D eigenvalue weighted by Gasteiger charge is 2.22. The van der Waals surface area contributed by atoms with Crippen molar-refractivity contribution in [2.45, 2.75) is 117 Å². The SMILES string of the molecule is CCCCCC(CCC)c1cccc(O)c1C(CCC)CCCCC. The first kappa shape index (κ1) is 22.1. The summed E-state index contributed by atoms with van der Waals surface area (Å²) in [6.07, 6.45) is 15.1. The summed E-state index contributed by atoms with van der Waals surface area (Å²) in [7, 11) is 0. The third kappa shape index (κ3) is 7.42. The van der Waals surface area contributed by atoms with Gasteiger partial charge < -0.3 is 5.11 Å². The molecule has 0 saturated carbocycles. The zero-order valence-corrected chi connectivity index (χ0v) is 17.3. The van der Waals surface area contributed by atoms with E-state index in [9.17, 15) is 5.11 Å². The average Bonchev–Trinajstić information content (AvgIpc) is 2.60. The van der Waals surface area contributed by atoms with Gasteiger partial charge in [0, 0.05) is 5.56 Å². The lowest BCUT2D eigenvalue weighted by atomic mass is 9.79. The van der Waals surface area contributed by atoms with Gasteiger partial charge in [0.05, 0.1) is 0 Å². The molecule has 0 spiro atoms. The van der Waals surface area contributed by atoms with Crippen molar-refractivity contribution in [3.63, 3.8) is 0 Å². The van der Waals surface area contributed by atoms with E-state index in [4.69, 9.17) is 0 Å². The minimum atomic E-state index is 0.526. The lowest BCUT2D eigenvalue weighted by Crippen LogP contribution is -2.09. The second-order valence-corrected chi connectivity index (χ2v) is 7.74. The molecule has 2 unspecified atom stereocenters. The van der Waals surface area contributed by atoms with Crippen LogP contribution < -0.4 is 0 Å². The molecule has 0 saturated heterocycles. The van der Waals surface area contributed by atoms with Gasteiger partial charge in [0.1, 0.15) is 5.75 Å². The summed E-state index contributed by atoms with van der Waals surface area (Å²) in [5.41, 5.74) is 2.74.